The molecule has 0 aliphatic carbocycles. The predicted octanol–water partition coefficient (Wildman–Crippen LogP) is 17.8. The molecule has 0 fully saturated rings. The van der Waals surface area contributed by atoms with E-state index in [0.717, 1.165) is 103 Å². The van der Waals surface area contributed by atoms with Crippen molar-refractivity contribution in [3.8, 4) is 0 Å². The van der Waals surface area contributed by atoms with Gasteiger partial charge in [-0.1, -0.05) is 222 Å². The summed E-state index contributed by atoms with van der Waals surface area (Å²) in [6.45, 7) is 6.43. The van der Waals surface area contributed by atoms with Gasteiger partial charge in [0.05, 0.1) is 0 Å². The van der Waals surface area contributed by atoms with Gasteiger partial charge in [-0.3, -0.25) is 14.4 Å². The molecule has 6 nitrogen and oxygen atoms in total. The maximum Gasteiger partial charge on any atom is 0.306 e. The first kappa shape index (κ1) is 60.9. The van der Waals surface area contributed by atoms with E-state index in [4.69, 9.17) is 14.2 Å². The second-order valence-electron chi connectivity index (χ2n) is 17.8. The Morgan fingerprint density at radius 1 is 0.328 bits per heavy atom. The highest BCUT2D eigenvalue weighted by Gasteiger charge is 2.19. The van der Waals surface area contributed by atoms with Gasteiger partial charge in [-0.2, -0.15) is 0 Å². The molecule has 6 heteroatoms. The SMILES string of the molecule is CC/C=C\C/C=C\C/C=C\C/C=C\C/C=C\CCCCCCCCCC(=O)OCC(COC(=O)CCCCCCC)OC(=O)CCCCCCCCC/C=C\CCCCCCCCC. The monoisotopic (exact) mass is 893 g/mol. The minimum atomic E-state index is -0.778. The number of rotatable bonds is 48. The molecule has 0 N–H and O–H groups in total. The van der Waals surface area contributed by atoms with Crippen LogP contribution in [-0.2, 0) is 28.6 Å². The van der Waals surface area contributed by atoms with E-state index in [9.17, 15) is 14.4 Å². The van der Waals surface area contributed by atoms with Gasteiger partial charge in [-0.05, 0) is 89.9 Å². The third-order valence-electron chi connectivity index (χ3n) is 11.4. The summed E-state index contributed by atoms with van der Waals surface area (Å²) in [5.74, 6) is -0.907. The first-order chi connectivity index (χ1) is 31.5. The van der Waals surface area contributed by atoms with Gasteiger partial charge in [0.15, 0.2) is 6.10 Å². The Hall–Kier alpha value is -3.15. The Labute approximate surface area is 395 Å². The van der Waals surface area contributed by atoms with Gasteiger partial charge in [-0.25, -0.2) is 0 Å². The highest BCUT2D eigenvalue weighted by Crippen LogP contribution is 2.14. The van der Waals surface area contributed by atoms with Crippen LogP contribution in [0.3, 0.4) is 0 Å². The van der Waals surface area contributed by atoms with Crippen molar-refractivity contribution >= 4 is 17.9 Å². The summed E-state index contributed by atoms with van der Waals surface area (Å²) in [5.41, 5.74) is 0. The topological polar surface area (TPSA) is 78.9 Å². The molecule has 64 heavy (non-hydrogen) atoms. The van der Waals surface area contributed by atoms with Crippen LogP contribution in [-0.4, -0.2) is 37.2 Å². The molecule has 0 radical (unpaired) electrons. The lowest BCUT2D eigenvalue weighted by Crippen LogP contribution is -2.30. The smallest absolute Gasteiger partial charge is 0.306 e. The van der Waals surface area contributed by atoms with E-state index in [-0.39, 0.29) is 31.1 Å². The number of allylic oxidation sites excluding steroid dienone is 12. The van der Waals surface area contributed by atoms with Crippen LogP contribution >= 0.6 is 0 Å². The minimum Gasteiger partial charge on any atom is -0.462 e. The van der Waals surface area contributed by atoms with Gasteiger partial charge in [0.25, 0.3) is 0 Å². The average Bonchev–Trinajstić information content (AvgIpc) is 3.29. The third kappa shape index (κ3) is 49.9. The molecule has 0 bridgehead atoms. The Kier molecular flexibility index (Phi) is 49.9. The first-order valence-corrected chi connectivity index (χ1v) is 26.9. The van der Waals surface area contributed by atoms with Crippen molar-refractivity contribution in [1.29, 1.82) is 0 Å². The fourth-order valence-corrected chi connectivity index (χ4v) is 7.40. The van der Waals surface area contributed by atoms with Gasteiger partial charge in [-0.15, -0.1) is 0 Å². The summed E-state index contributed by atoms with van der Waals surface area (Å²) in [5, 5.41) is 0. The van der Waals surface area contributed by atoms with Gasteiger partial charge in [0.2, 0.25) is 0 Å². The van der Waals surface area contributed by atoms with Crippen molar-refractivity contribution in [2.75, 3.05) is 13.2 Å². The molecule has 1 atom stereocenters. The Balaban J connectivity index is 4.16. The van der Waals surface area contributed by atoms with Crippen LogP contribution < -0.4 is 0 Å². The van der Waals surface area contributed by atoms with E-state index in [1.807, 2.05) is 0 Å². The van der Waals surface area contributed by atoms with Gasteiger partial charge in [0.1, 0.15) is 13.2 Å². The number of unbranched alkanes of at least 4 members (excludes halogenated alkanes) is 25. The summed E-state index contributed by atoms with van der Waals surface area (Å²) >= 11 is 0. The zero-order valence-electron chi connectivity index (χ0n) is 42.0. The quantitative estimate of drug-likeness (QED) is 0.0262. The van der Waals surface area contributed by atoms with Crippen LogP contribution in [0.15, 0.2) is 72.9 Å². The van der Waals surface area contributed by atoms with E-state index < -0.39 is 6.10 Å². The van der Waals surface area contributed by atoms with Gasteiger partial charge >= 0.3 is 17.9 Å². The maximum atomic E-state index is 12.8. The normalized spacial score (nSPS) is 12.6. The molecule has 0 saturated carbocycles. The second-order valence-corrected chi connectivity index (χ2v) is 17.8. The van der Waals surface area contributed by atoms with Gasteiger partial charge in [0, 0.05) is 19.3 Å². The number of carbonyl (C=O) groups excluding carboxylic acids is 3. The predicted molar refractivity (Wildman–Crippen MR) is 274 cm³/mol. The summed E-state index contributed by atoms with van der Waals surface area (Å²) in [4.78, 5) is 37.7. The number of carbonyl (C=O) groups is 3. The molecule has 0 amide bonds. The Morgan fingerprint density at radius 2 is 0.609 bits per heavy atom. The highest BCUT2D eigenvalue weighted by molar-refractivity contribution is 5.71. The fourth-order valence-electron chi connectivity index (χ4n) is 7.40. The molecule has 0 aliphatic heterocycles. The lowest BCUT2D eigenvalue weighted by Gasteiger charge is -2.18. The first-order valence-electron chi connectivity index (χ1n) is 26.9. The number of ether oxygens (including phenoxy) is 3. The molecule has 0 aromatic rings. The van der Waals surface area contributed by atoms with Crippen LogP contribution in [0.4, 0.5) is 0 Å². The summed E-state index contributed by atoms with van der Waals surface area (Å²) in [6, 6.07) is 0. The lowest BCUT2D eigenvalue weighted by atomic mass is 10.1. The van der Waals surface area contributed by atoms with Crippen molar-refractivity contribution < 1.29 is 28.6 Å². The van der Waals surface area contributed by atoms with Gasteiger partial charge < -0.3 is 14.2 Å². The zero-order chi connectivity index (χ0) is 46.5. The molecule has 0 spiro atoms. The number of hydrogen-bond acceptors (Lipinski definition) is 6. The molecule has 0 aromatic heterocycles. The molecule has 368 valence electrons. The lowest BCUT2D eigenvalue weighted by molar-refractivity contribution is -0.167. The molecule has 0 heterocycles. The minimum absolute atomic E-state index is 0.0811. The van der Waals surface area contributed by atoms with Crippen molar-refractivity contribution in [1.82, 2.24) is 0 Å². The molecule has 0 saturated heterocycles. The maximum absolute atomic E-state index is 12.8. The van der Waals surface area contributed by atoms with Crippen molar-refractivity contribution in [2.45, 2.75) is 264 Å². The van der Waals surface area contributed by atoms with E-state index >= 15 is 0 Å². The van der Waals surface area contributed by atoms with Crippen molar-refractivity contribution in [2.24, 2.45) is 0 Å². The molecule has 1 unspecified atom stereocenters. The highest BCUT2D eigenvalue weighted by atomic mass is 16.6. The summed E-state index contributed by atoms with van der Waals surface area (Å²) < 4.78 is 16.7. The second kappa shape index (κ2) is 52.5. The Morgan fingerprint density at radius 3 is 0.969 bits per heavy atom. The van der Waals surface area contributed by atoms with Crippen LogP contribution in [0, 0.1) is 0 Å². The largest absolute Gasteiger partial charge is 0.462 e. The molecular weight excluding hydrogens is 793 g/mol. The van der Waals surface area contributed by atoms with E-state index in [1.165, 1.54) is 116 Å². The van der Waals surface area contributed by atoms with Crippen LogP contribution in [0.2, 0.25) is 0 Å². The number of esters is 3. The van der Waals surface area contributed by atoms with E-state index in [1.54, 1.807) is 0 Å². The average molecular weight is 893 g/mol. The van der Waals surface area contributed by atoms with Crippen LogP contribution in [0.5, 0.6) is 0 Å². The molecular formula is C58H100O6. The molecule has 0 aliphatic rings. The molecule has 0 aromatic carbocycles. The van der Waals surface area contributed by atoms with E-state index in [0.29, 0.717) is 19.3 Å². The third-order valence-corrected chi connectivity index (χ3v) is 11.4. The van der Waals surface area contributed by atoms with E-state index in [2.05, 4.69) is 93.7 Å². The standard InChI is InChI=1S/C58H100O6/c1-4-7-10-13-15-17-19-21-23-25-27-28-29-30-31-33-34-36-38-40-42-45-48-51-57(60)63-54-55(53-62-56(59)50-47-44-12-9-6-3)64-58(61)52-49-46-43-41-39-37-35-32-26-24-22-20-18-16-14-11-8-5-2/h7,10,15,17,21,23-24,26-28,30-31,55H,4-6,8-9,11-14,16,18-20,22,25,29,32-54H2,1-3H3/b10-7-,17-15-,23-21-,26-24-,28-27-,31-30-. The van der Waals surface area contributed by atoms with Crippen LogP contribution in [0.1, 0.15) is 258 Å². The van der Waals surface area contributed by atoms with Crippen molar-refractivity contribution in [3.63, 3.8) is 0 Å². The fraction of sp³-hybridized carbons (Fsp3) is 0.741. The van der Waals surface area contributed by atoms with Crippen molar-refractivity contribution in [3.05, 3.63) is 72.9 Å². The summed E-state index contributed by atoms with van der Waals surface area (Å²) in [6.07, 6.45) is 66.4. The summed E-state index contributed by atoms with van der Waals surface area (Å²) in [7, 11) is 0. The Bertz CT molecular complexity index is 1210. The molecule has 0 rings (SSSR count). The zero-order valence-corrected chi connectivity index (χ0v) is 42.0. The number of hydrogen-bond donors (Lipinski definition) is 0. The van der Waals surface area contributed by atoms with Crippen LogP contribution in [0.25, 0.3) is 0 Å².